The molecule has 2 heterocycles. The molecule has 1 unspecified atom stereocenters. The number of aliphatic hydroxyl groups is 1. The molecule has 2 N–H and O–H groups in total. The molecule has 15 heavy (non-hydrogen) atoms. The molecular formula is C9H15N3O3. The minimum absolute atomic E-state index is 0.0368. The Morgan fingerprint density at radius 3 is 3.07 bits per heavy atom. The van der Waals surface area contributed by atoms with Crippen molar-refractivity contribution < 1.29 is 14.4 Å². The number of nitrogens with one attached hydrogen (secondary N) is 1. The molecule has 0 spiro atoms. The van der Waals surface area contributed by atoms with E-state index in [4.69, 9.17) is 9.26 Å². The van der Waals surface area contributed by atoms with Gasteiger partial charge in [0.15, 0.2) is 5.82 Å². The molecule has 0 bridgehead atoms. The Labute approximate surface area is 87.6 Å². The molecule has 1 aliphatic rings. The summed E-state index contributed by atoms with van der Waals surface area (Å²) in [6.45, 7) is 2.42. The van der Waals surface area contributed by atoms with Gasteiger partial charge in [0.25, 0.3) is 0 Å². The van der Waals surface area contributed by atoms with E-state index in [9.17, 15) is 5.11 Å². The van der Waals surface area contributed by atoms with Gasteiger partial charge in [0.2, 0.25) is 5.89 Å². The zero-order valence-electron chi connectivity index (χ0n) is 8.80. The molecule has 1 fully saturated rings. The first-order valence-electron chi connectivity index (χ1n) is 4.98. The molecule has 1 saturated heterocycles. The highest BCUT2D eigenvalue weighted by atomic mass is 16.5. The van der Waals surface area contributed by atoms with Crippen LogP contribution in [-0.2, 0) is 4.74 Å². The zero-order chi connectivity index (χ0) is 10.8. The normalized spacial score (nSPS) is 28.2. The lowest BCUT2D eigenvalue weighted by Crippen LogP contribution is -2.15. The first-order valence-corrected chi connectivity index (χ1v) is 4.98. The van der Waals surface area contributed by atoms with Crippen molar-refractivity contribution in [3.05, 3.63) is 11.7 Å². The molecule has 6 nitrogen and oxygen atoms in total. The number of β-amino-alcohol motifs (C(OH)–C–C–N with tert-alkyl or cyclic N) is 1. The minimum Gasteiger partial charge on any atom is -0.392 e. The number of ether oxygens (including phenoxy) is 1. The number of hydrogen-bond acceptors (Lipinski definition) is 6. The summed E-state index contributed by atoms with van der Waals surface area (Å²) < 4.78 is 10.2. The lowest BCUT2D eigenvalue weighted by molar-refractivity contribution is 0.109. The van der Waals surface area contributed by atoms with Crippen LogP contribution in [0.1, 0.15) is 37.2 Å². The van der Waals surface area contributed by atoms with Crippen LogP contribution in [-0.4, -0.2) is 35.0 Å². The average molecular weight is 213 g/mol. The highest BCUT2D eigenvalue weighted by Crippen LogP contribution is 2.23. The quantitative estimate of drug-likeness (QED) is 0.745. The molecule has 0 radical (unpaired) electrons. The molecule has 3 atom stereocenters. The number of rotatable bonds is 3. The predicted molar refractivity (Wildman–Crippen MR) is 51.1 cm³/mol. The number of methoxy groups -OCH3 is 1. The first kappa shape index (κ1) is 10.5. The summed E-state index contributed by atoms with van der Waals surface area (Å²) in [6, 6.07) is -0.0368. The van der Waals surface area contributed by atoms with Crippen LogP contribution in [0.5, 0.6) is 0 Å². The first-order chi connectivity index (χ1) is 7.20. The molecular weight excluding hydrogens is 198 g/mol. The maximum Gasteiger partial charge on any atom is 0.243 e. The van der Waals surface area contributed by atoms with E-state index in [1.54, 1.807) is 7.11 Å². The van der Waals surface area contributed by atoms with E-state index in [2.05, 4.69) is 15.5 Å². The summed E-state index contributed by atoms with van der Waals surface area (Å²) in [4.78, 5) is 4.22. The van der Waals surface area contributed by atoms with Gasteiger partial charge < -0.3 is 19.7 Å². The van der Waals surface area contributed by atoms with E-state index in [1.807, 2.05) is 6.92 Å². The van der Waals surface area contributed by atoms with Crippen molar-refractivity contribution in [2.24, 2.45) is 0 Å². The highest BCUT2D eigenvalue weighted by Gasteiger charge is 2.28. The van der Waals surface area contributed by atoms with Gasteiger partial charge in [0, 0.05) is 13.7 Å². The number of aliphatic hydroxyl groups excluding tert-OH is 1. The minimum atomic E-state index is -0.329. The Morgan fingerprint density at radius 2 is 2.47 bits per heavy atom. The number of hydrogen-bond donors (Lipinski definition) is 2. The van der Waals surface area contributed by atoms with Crippen LogP contribution in [0.25, 0.3) is 0 Å². The fourth-order valence-corrected chi connectivity index (χ4v) is 1.56. The van der Waals surface area contributed by atoms with E-state index < -0.39 is 0 Å². The van der Waals surface area contributed by atoms with Crippen molar-refractivity contribution in [1.82, 2.24) is 15.5 Å². The summed E-state index contributed by atoms with van der Waals surface area (Å²) in [7, 11) is 1.60. The van der Waals surface area contributed by atoms with Crippen molar-refractivity contribution in [3.63, 3.8) is 0 Å². The largest absolute Gasteiger partial charge is 0.392 e. The molecule has 84 valence electrons. The van der Waals surface area contributed by atoms with E-state index >= 15 is 0 Å². The van der Waals surface area contributed by atoms with Crippen LogP contribution >= 0.6 is 0 Å². The van der Waals surface area contributed by atoms with Gasteiger partial charge in [-0.2, -0.15) is 4.98 Å². The molecule has 6 heteroatoms. The van der Waals surface area contributed by atoms with Gasteiger partial charge >= 0.3 is 0 Å². The summed E-state index contributed by atoms with van der Waals surface area (Å²) in [5.74, 6) is 1.06. The van der Waals surface area contributed by atoms with E-state index in [0.717, 1.165) is 0 Å². The highest BCUT2D eigenvalue weighted by molar-refractivity contribution is 4.98. The van der Waals surface area contributed by atoms with Crippen LogP contribution < -0.4 is 5.32 Å². The monoisotopic (exact) mass is 213 g/mol. The fourth-order valence-electron chi connectivity index (χ4n) is 1.56. The molecule has 0 aliphatic carbocycles. The third kappa shape index (κ3) is 2.17. The standard InChI is InChI=1S/C9H15N3O3/c1-5(14-2)8-11-9(15-12-8)7-3-6(13)4-10-7/h5-7,10,13H,3-4H2,1-2H3/t5?,6-,7+/m0/s1. The van der Waals surface area contributed by atoms with Crippen LogP contribution in [0.2, 0.25) is 0 Å². The summed E-state index contributed by atoms with van der Waals surface area (Å²) in [6.07, 6.45) is 0.113. The maximum atomic E-state index is 9.35. The summed E-state index contributed by atoms with van der Waals surface area (Å²) >= 11 is 0. The topological polar surface area (TPSA) is 80.4 Å². The van der Waals surface area contributed by atoms with Crippen LogP contribution in [0.15, 0.2) is 4.52 Å². The molecule has 2 rings (SSSR count). The number of aromatic nitrogens is 2. The van der Waals surface area contributed by atoms with Gasteiger partial charge in [-0.05, 0) is 13.3 Å². The van der Waals surface area contributed by atoms with Gasteiger partial charge in [0.1, 0.15) is 6.10 Å². The molecule has 0 aromatic carbocycles. The Balaban J connectivity index is 2.07. The summed E-state index contributed by atoms with van der Waals surface area (Å²) in [5.41, 5.74) is 0. The fraction of sp³-hybridized carbons (Fsp3) is 0.778. The average Bonchev–Trinajstić information content (AvgIpc) is 2.84. The van der Waals surface area contributed by atoms with Crippen molar-refractivity contribution in [2.45, 2.75) is 31.6 Å². The Hall–Kier alpha value is -0.980. The van der Waals surface area contributed by atoms with Gasteiger partial charge in [0.05, 0.1) is 12.1 Å². The van der Waals surface area contributed by atoms with E-state index in [1.165, 1.54) is 0 Å². The maximum absolute atomic E-state index is 9.35. The second-order valence-corrected chi connectivity index (χ2v) is 3.72. The zero-order valence-corrected chi connectivity index (χ0v) is 8.80. The van der Waals surface area contributed by atoms with E-state index in [0.29, 0.717) is 24.7 Å². The lowest BCUT2D eigenvalue weighted by atomic mass is 10.2. The summed E-state index contributed by atoms with van der Waals surface area (Å²) in [5, 5.41) is 16.3. The van der Waals surface area contributed by atoms with E-state index in [-0.39, 0.29) is 18.2 Å². The van der Waals surface area contributed by atoms with Crippen LogP contribution in [0, 0.1) is 0 Å². The van der Waals surface area contributed by atoms with Gasteiger partial charge in [-0.1, -0.05) is 5.16 Å². The predicted octanol–water partition coefficient (Wildman–Crippen LogP) is 0.172. The molecule has 1 aliphatic heterocycles. The van der Waals surface area contributed by atoms with Crippen LogP contribution in [0.4, 0.5) is 0 Å². The SMILES string of the molecule is COC(C)c1noc([C@H]2C[C@H](O)CN2)n1. The Morgan fingerprint density at radius 1 is 1.67 bits per heavy atom. The van der Waals surface area contributed by atoms with Gasteiger partial charge in [-0.3, -0.25) is 0 Å². The molecule has 0 saturated carbocycles. The van der Waals surface area contributed by atoms with Crippen molar-refractivity contribution >= 4 is 0 Å². The molecule has 1 aromatic rings. The van der Waals surface area contributed by atoms with Crippen molar-refractivity contribution in [3.8, 4) is 0 Å². The van der Waals surface area contributed by atoms with Gasteiger partial charge in [-0.15, -0.1) is 0 Å². The Kier molecular flexibility index (Phi) is 2.99. The van der Waals surface area contributed by atoms with Crippen molar-refractivity contribution in [1.29, 1.82) is 0 Å². The van der Waals surface area contributed by atoms with Crippen molar-refractivity contribution in [2.75, 3.05) is 13.7 Å². The lowest BCUT2D eigenvalue weighted by Gasteiger charge is -2.03. The van der Waals surface area contributed by atoms with Crippen LogP contribution in [0.3, 0.4) is 0 Å². The van der Waals surface area contributed by atoms with Gasteiger partial charge in [-0.25, -0.2) is 0 Å². The molecule has 0 amide bonds. The third-order valence-electron chi connectivity index (χ3n) is 2.58. The third-order valence-corrected chi connectivity index (χ3v) is 2.58. The number of nitrogens with zero attached hydrogens (tertiary/aromatic N) is 2. The molecule has 1 aromatic heterocycles. The smallest absolute Gasteiger partial charge is 0.243 e. The second-order valence-electron chi connectivity index (χ2n) is 3.72. The Bertz CT molecular complexity index is 328. The second kappa shape index (κ2) is 4.26.